The van der Waals surface area contributed by atoms with E-state index in [-0.39, 0.29) is 11.8 Å². The second-order valence-electron chi connectivity index (χ2n) is 6.08. The molecule has 116 valence electrons. The van der Waals surface area contributed by atoms with Crippen molar-refractivity contribution in [3.05, 3.63) is 48.6 Å². The molecular weight excluding hydrogens is 287 g/mol. The first-order valence-electron chi connectivity index (χ1n) is 7.13. The molecule has 0 amide bonds. The molecule has 2 rings (SSSR count). The Morgan fingerprint density at radius 2 is 1.29 bits per heavy atom. The molecule has 0 heterocycles. The maximum atomic E-state index is 12.4. The van der Waals surface area contributed by atoms with Crippen LogP contribution in [0.2, 0.25) is 0 Å². The average Bonchev–Trinajstić information content (AvgIpc) is 2.35. The van der Waals surface area contributed by atoms with Gasteiger partial charge in [0.1, 0.15) is 11.2 Å². The number of phosphoric ester groups is 1. The molecule has 0 spiro atoms. The second-order valence-corrected chi connectivity index (χ2v) is 7.39. The molecule has 0 aromatic rings. The monoisotopic (exact) mass is 310 g/mol. The fraction of sp³-hybridized carbons (Fsp3) is 0.500. The van der Waals surface area contributed by atoms with Crippen LogP contribution in [0.1, 0.15) is 27.7 Å². The van der Waals surface area contributed by atoms with Crippen LogP contribution in [-0.4, -0.2) is 16.1 Å². The molecule has 0 radical (unpaired) electrons. The first kappa shape index (κ1) is 16.4. The van der Waals surface area contributed by atoms with Crippen LogP contribution >= 0.6 is 7.82 Å². The van der Waals surface area contributed by atoms with Crippen molar-refractivity contribution in [2.45, 2.75) is 38.9 Å². The lowest BCUT2D eigenvalue weighted by molar-refractivity contribution is -0.000235. The van der Waals surface area contributed by atoms with Gasteiger partial charge in [-0.15, -0.1) is 0 Å². The molecule has 0 aromatic carbocycles. The average molecular weight is 310 g/mol. The highest BCUT2D eigenvalue weighted by Gasteiger charge is 2.43. The lowest BCUT2D eigenvalue weighted by atomic mass is 9.87. The Bertz CT molecular complexity index is 517. The van der Waals surface area contributed by atoms with Crippen LogP contribution < -0.4 is 0 Å². The summed E-state index contributed by atoms with van der Waals surface area (Å²) in [6, 6.07) is 0. The zero-order valence-corrected chi connectivity index (χ0v) is 13.8. The normalized spacial score (nSPS) is 41.2. The zero-order chi connectivity index (χ0) is 15.7. The van der Waals surface area contributed by atoms with E-state index in [4.69, 9.17) is 9.05 Å². The fourth-order valence-corrected chi connectivity index (χ4v) is 3.87. The summed E-state index contributed by atoms with van der Waals surface area (Å²) in [5.41, 5.74) is -1.71. The molecule has 4 nitrogen and oxygen atoms in total. The van der Waals surface area contributed by atoms with Gasteiger partial charge in [0.05, 0.1) is 0 Å². The van der Waals surface area contributed by atoms with Crippen molar-refractivity contribution < 1.29 is 18.5 Å². The largest absolute Gasteiger partial charge is 0.473 e. The van der Waals surface area contributed by atoms with Crippen LogP contribution in [0, 0.1) is 11.8 Å². The highest BCUT2D eigenvalue weighted by molar-refractivity contribution is 7.47. The van der Waals surface area contributed by atoms with Gasteiger partial charge in [0, 0.05) is 11.8 Å². The van der Waals surface area contributed by atoms with Crippen LogP contribution in [0.3, 0.4) is 0 Å². The van der Waals surface area contributed by atoms with Gasteiger partial charge in [-0.3, -0.25) is 9.05 Å². The quantitative estimate of drug-likeness (QED) is 0.792. The molecule has 5 heteroatoms. The lowest BCUT2D eigenvalue weighted by Gasteiger charge is -2.38. The van der Waals surface area contributed by atoms with E-state index in [1.807, 2.05) is 50.3 Å². The third kappa shape index (κ3) is 3.64. The van der Waals surface area contributed by atoms with Crippen molar-refractivity contribution in [3.63, 3.8) is 0 Å². The minimum Gasteiger partial charge on any atom is -0.302 e. The summed E-state index contributed by atoms with van der Waals surface area (Å²) >= 11 is 0. The van der Waals surface area contributed by atoms with Gasteiger partial charge in [0.25, 0.3) is 0 Å². The van der Waals surface area contributed by atoms with Gasteiger partial charge in [0.2, 0.25) is 0 Å². The predicted octanol–water partition coefficient (Wildman–Crippen LogP) is 4.16. The van der Waals surface area contributed by atoms with Crippen LogP contribution in [0.5, 0.6) is 0 Å². The van der Waals surface area contributed by atoms with Crippen LogP contribution in [0.15, 0.2) is 48.6 Å². The summed E-state index contributed by atoms with van der Waals surface area (Å²) in [5.74, 6) is -0.0304. The van der Waals surface area contributed by atoms with Crippen molar-refractivity contribution >= 4 is 7.82 Å². The Hall–Kier alpha value is -0.930. The summed E-state index contributed by atoms with van der Waals surface area (Å²) in [6.07, 6.45) is 14.9. The Kier molecular flexibility index (Phi) is 4.46. The van der Waals surface area contributed by atoms with Crippen molar-refractivity contribution in [2.75, 3.05) is 0 Å². The number of hydrogen-bond donors (Lipinski definition) is 1. The molecule has 0 saturated carbocycles. The molecule has 0 saturated heterocycles. The molecule has 2 aliphatic carbocycles. The van der Waals surface area contributed by atoms with E-state index in [0.29, 0.717) is 0 Å². The van der Waals surface area contributed by atoms with Gasteiger partial charge in [-0.05, 0) is 13.8 Å². The zero-order valence-electron chi connectivity index (χ0n) is 12.9. The summed E-state index contributed by atoms with van der Waals surface area (Å²) < 4.78 is 23.4. The fourth-order valence-electron chi connectivity index (χ4n) is 2.38. The van der Waals surface area contributed by atoms with Gasteiger partial charge in [-0.1, -0.05) is 62.5 Å². The number of phosphoric acid groups is 1. The van der Waals surface area contributed by atoms with E-state index in [2.05, 4.69) is 0 Å². The summed E-state index contributed by atoms with van der Waals surface area (Å²) in [5, 5.41) is 0. The van der Waals surface area contributed by atoms with Gasteiger partial charge in [0.15, 0.2) is 0 Å². The van der Waals surface area contributed by atoms with Crippen molar-refractivity contribution in [1.29, 1.82) is 0 Å². The SMILES string of the molecule is CC1C=CC=CC1(C)OP(=O)(O)OC1(C)C=CC=CC1C. The van der Waals surface area contributed by atoms with E-state index >= 15 is 0 Å². The Morgan fingerprint density at radius 1 is 0.905 bits per heavy atom. The predicted molar refractivity (Wildman–Crippen MR) is 83.7 cm³/mol. The van der Waals surface area contributed by atoms with Gasteiger partial charge in [-0.25, -0.2) is 4.57 Å². The van der Waals surface area contributed by atoms with Crippen LogP contribution in [0.25, 0.3) is 0 Å². The topological polar surface area (TPSA) is 55.8 Å². The van der Waals surface area contributed by atoms with E-state index in [9.17, 15) is 9.46 Å². The molecule has 0 fully saturated rings. The van der Waals surface area contributed by atoms with Crippen molar-refractivity contribution in [3.8, 4) is 0 Å². The van der Waals surface area contributed by atoms with Crippen LogP contribution in [0.4, 0.5) is 0 Å². The van der Waals surface area contributed by atoms with Crippen molar-refractivity contribution in [2.24, 2.45) is 11.8 Å². The number of allylic oxidation sites excluding steroid dienone is 4. The van der Waals surface area contributed by atoms with E-state index in [0.717, 1.165) is 0 Å². The maximum absolute atomic E-state index is 12.4. The number of rotatable bonds is 4. The molecule has 21 heavy (non-hydrogen) atoms. The minimum atomic E-state index is -4.21. The highest BCUT2D eigenvalue weighted by Crippen LogP contribution is 2.54. The van der Waals surface area contributed by atoms with Crippen molar-refractivity contribution in [1.82, 2.24) is 0 Å². The molecule has 1 N–H and O–H groups in total. The van der Waals surface area contributed by atoms with Crippen LogP contribution in [-0.2, 0) is 13.6 Å². The summed E-state index contributed by atoms with van der Waals surface area (Å²) in [4.78, 5) is 10.2. The van der Waals surface area contributed by atoms with Gasteiger partial charge < -0.3 is 4.89 Å². The first-order chi connectivity index (χ1) is 9.67. The van der Waals surface area contributed by atoms with Gasteiger partial charge in [-0.2, -0.15) is 0 Å². The van der Waals surface area contributed by atoms with E-state index in [1.54, 1.807) is 26.0 Å². The molecule has 0 aromatic heterocycles. The summed E-state index contributed by atoms with van der Waals surface area (Å²) in [6.45, 7) is 7.44. The third-order valence-corrected chi connectivity index (χ3v) is 5.56. The molecule has 0 aliphatic heterocycles. The lowest BCUT2D eigenvalue weighted by Crippen LogP contribution is -2.37. The molecule has 4 atom stereocenters. The Labute approximate surface area is 126 Å². The molecule has 0 bridgehead atoms. The molecular formula is C16H23O4P. The highest BCUT2D eigenvalue weighted by atomic mass is 31.2. The second kappa shape index (κ2) is 5.69. The smallest absolute Gasteiger partial charge is 0.302 e. The van der Waals surface area contributed by atoms with E-state index < -0.39 is 19.0 Å². The van der Waals surface area contributed by atoms with E-state index in [1.165, 1.54) is 0 Å². The third-order valence-electron chi connectivity index (χ3n) is 4.31. The Balaban J connectivity index is 2.14. The molecule has 4 unspecified atom stereocenters. The molecule has 2 aliphatic rings. The maximum Gasteiger partial charge on any atom is 0.473 e. The Morgan fingerprint density at radius 3 is 1.62 bits per heavy atom. The first-order valence-corrected chi connectivity index (χ1v) is 8.63. The summed E-state index contributed by atoms with van der Waals surface area (Å²) in [7, 11) is -4.21. The van der Waals surface area contributed by atoms with Gasteiger partial charge >= 0.3 is 7.82 Å². The minimum absolute atomic E-state index is 0.0152. The standard InChI is InChI=1S/C16H23O4P/c1-13-9-5-7-11-15(13,3)19-21(17,18)20-16(4)12-8-6-10-14(16)2/h5-14H,1-4H3,(H,17,18). The number of hydrogen-bond acceptors (Lipinski definition) is 3.